The Labute approximate surface area is 142 Å². The molecule has 0 aliphatic heterocycles. The van der Waals surface area contributed by atoms with Crippen LogP contribution in [0.3, 0.4) is 0 Å². The predicted molar refractivity (Wildman–Crippen MR) is 93.6 cm³/mol. The quantitative estimate of drug-likeness (QED) is 0.697. The molecule has 1 atom stereocenters. The van der Waals surface area contributed by atoms with Gasteiger partial charge in [-0.2, -0.15) is 0 Å². The third kappa shape index (κ3) is 6.02. The van der Waals surface area contributed by atoms with E-state index in [4.69, 9.17) is 9.84 Å². The number of aliphatic hydroxyl groups is 1. The third-order valence-corrected chi connectivity index (χ3v) is 3.60. The molecule has 0 heterocycles. The van der Waals surface area contributed by atoms with Crippen molar-refractivity contribution in [3.05, 3.63) is 71.3 Å². The topological polar surface area (TPSA) is 70.6 Å². The van der Waals surface area contributed by atoms with Crippen LogP contribution < -0.4 is 10.6 Å². The van der Waals surface area contributed by atoms with Gasteiger partial charge in [0.1, 0.15) is 0 Å². The lowest BCUT2D eigenvalue weighted by molar-refractivity contribution is 0.0294. The van der Waals surface area contributed by atoms with Crippen molar-refractivity contribution in [1.29, 1.82) is 0 Å². The number of amides is 2. The number of hydrogen-bond donors (Lipinski definition) is 3. The lowest BCUT2D eigenvalue weighted by Gasteiger charge is -2.19. The van der Waals surface area contributed by atoms with Crippen LogP contribution in [0.25, 0.3) is 0 Å². The first-order chi connectivity index (χ1) is 11.7. The molecule has 5 nitrogen and oxygen atoms in total. The van der Waals surface area contributed by atoms with E-state index in [1.165, 1.54) is 0 Å². The fraction of sp³-hybridized carbons (Fsp3) is 0.316. The summed E-state index contributed by atoms with van der Waals surface area (Å²) < 4.78 is 5.64. The zero-order valence-corrected chi connectivity index (χ0v) is 13.9. The Morgan fingerprint density at radius 1 is 1.08 bits per heavy atom. The van der Waals surface area contributed by atoms with E-state index in [2.05, 4.69) is 10.6 Å². The Kier molecular flexibility index (Phi) is 7.26. The average molecular weight is 328 g/mol. The number of rotatable bonds is 8. The van der Waals surface area contributed by atoms with Crippen molar-refractivity contribution in [3.8, 4) is 0 Å². The predicted octanol–water partition coefficient (Wildman–Crippen LogP) is 2.54. The maximum absolute atomic E-state index is 12.0. The largest absolute Gasteiger partial charge is 0.394 e. The highest BCUT2D eigenvalue weighted by molar-refractivity contribution is 5.73. The fourth-order valence-electron chi connectivity index (χ4n) is 2.28. The molecule has 0 fully saturated rings. The van der Waals surface area contributed by atoms with Gasteiger partial charge >= 0.3 is 6.03 Å². The number of urea groups is 1. The van der Waals surface area contributed by atoms with Gasteiger partial charge in [-0.05, 0) is 18.1 Å². The van der Waals surface area contributed by atoms with Crippen molar-refractivity contribution in [1.82, 2.24) is 10.6 Å². The summed E-state index contributed by atoms with van der Waals surface area (Å²) >= 11 is 0. The van der Waals surface area contributed by atoms with Gasteiger partial charge in [0.2, 0.25) is 0 Å². The van der Waals surface area contributed by atoms with Crippen LogP contribution in [0.15, 0.2) is 54.6 Å². The first-order valence-electron chi connectivity index (χ1n) is 8.03. The van der Waals surface area contributed by atoms with E-state index >= 15 is 0 Å². The van der Waals surface area contributed by atoms with Gasteiger partial charge < -0.3 is 20.5 Å². The Balaban J connectivity index is 1.85. The summed E-state index contributed by atoms with van der Waals surface area (Å²) in [5, 5.41) is 14.6. The van der Waals surface area contributed by atoms with Gasteiger partial charge in [0.15, 0.2) is 0 Å². The van der Waals surface area contributed by atoms with E-state index in [1.807, 2.05) is 61.5 Å². The van der Waals surface area contributed by atoms with Crippen LogP contribution in [0, 0.1) is 6.92 Å². The molecule has 0 spiro atoms. The maximum Gasteiger partial charge on any atom is 0.315 e. The van der Waals surface area contributed by atoms with Gasteiger partial charge in [-0.15, -0.1) is 0 Å². The number of benzene rings is 2. The summed E-state index contributed by atoms with van der Waals surface area (Å²) in [6, 6.07) is 17.4. The monoisotopic (exact) mass is 328 g/mol. The average Bonchev–Trinajstić information content (AvgIpc) is 2.62. The molecule has 2 aromatic carbocycles. The Morgan fingerprint density at radius 2 is 1.79 bits per heavy atom. The Hall–Kier alpha value is -2.37. The molecule has 3 N–H and O–H groups in total. The number of aryl methyl sites for hydroxylation is 1. The van der Waals surface area contributed by atoms with Crippen molar-refractivity contribution < 1.29 is 14.6 Å². The van der Waals surface area contributed by atoms with Gasteiger partial charge in [-0.25, -0.2) is 4.79 Å². The summed E-state index contributed by atoms with van der Waals surface area (Å²) in [6.45, 7) is 3.00. The number of nitrogens with one attached hydrogen (secondary N) is 2. The van der Waals surface area contributed by atoms with Crippen LogP contribution in [0.1, 0.15) is 22.8 Å². The summed E-state index contributed by atoms with van der Waals surface area (Å²) in [7, 11) is 0. The smallest absolute Gasteiger partial charge is 0.315 e. The highest BCUT2D eigenvalue weighted by atomic mass is 16.5. The number of ether oxygens (including phenoxy) is 1. The van der Waals surface area contributed by atoms with Crippen molar-refractivity contribution in [3.63, 3.8) is 0 Å². The lowest BCUT2D eigenvalue weighted by Crippen LogP contribution is -2.38. The summed E-state index contributed by atoms with van der Waals surface area (Å²) in [5.74, 6) is 0. The van der Waals surface area contributed by atoms with Gasteiger partial charge in [0, 0.05) is 13.1 Å². The summed E-state index contributed by atoms with van der Waals surface area (Å²) in [6.07, 6.45) is -0.291. The molecule has 5 heteroatoms. The van der Waals surface area contributed by atoms with Crippen molar-refractivity contribution >= 4 is 6.03 Å². The van der Waals surface area contributed by atoms with Crippen molar-refractivity contribution in [2.75, 3.05) is 19.8 Å². The van der Waals surface area contributed by atoms with Crippen LogP contribution >= 0.6 is 0 Å². The second-order valence-electron chi connectivity index (χ2n) is 5.54. The SMILES string of the molecule is Cc1ccc([C@@H](CNC(=O)NCc2ccccc2)OCCO)cc1. The molecule has 2 aromatic rings. The minimum atomic E-state index is -0.291. The Morgan fingerprint density at radius 3 is 2.46 bits per heavy atom. The first-order valence-corrected chi connectivity index (χ1v) is 8.03. The zero-order valence-electron chi connectivity index (χ0n) is 13.9. The number of aliphatic hydroxyl groups excluding tert-OH is 1. The van der Waals surface area contributed by atoms with Gasteiger partial charge in [-0.1, -0.05) is 60.2 Å². The number of carbonyl (C=O) groups excluding carboxylic acids is 1. The highest BCUT2D eigenvalue weighted by Gasteiger charge is 2.13. The van der Waals surface area contributed by atoms with Gasteiger partial charge in [-0.3, -0.25) is 0 Å². The summed E-state index contributed by atoms with van der Waals surface area (Å²) in [4.78, 5) is 12.0. The maximum atomic E-state index is 12.0. The van der Waals surface area contributed by atoms with Gasteiger partial charge in [0.05, 0.1) is 19.3 Å². The van der Waals surface area contributed by atoms with E-state index < -0.39 is 0 Å². The molecular formula is C19H24N2O3. The molecule has 0 aliphatic carbocycles. The molecule has 0 radical (unpaired) electrons. The Bertz CT molecular complexity index is 614. The second kappa shape index (κ2) is 9.70. The molecule has 0 aromatic heterocycles. The minimum absolute atomic E-state index is 0.0530. The van der Waals surface area contributed by atoms with Crippen LogP contribution in [0.2, 0.25) is 0 Å². The van der Waals surface area contributed by atoms with Crippen molar-refractivity contribution in [2.24, 2.45) is 0 Å². The van der Waals surface area contributed by atoms with E-state index in [9.17, 15) is 4.79 Å². The highest BCUT2D eigenvalue weighted by Crippen LogP contribution is 2.17. The molecule has 0 aliphatic rings. The first kappa shape index (κ1) is 18.0. The van der Waals surface area contributed by atoms with E-state index in [0.29, 0.717) is 13.1 Å². The van der Waals surface area contributed by atoms with Crippen LogP contribution in [0.4, 0.5) is 4.79 Å². The van der Waals surface area contributed by atoms with E-state index in [1.54, 1.807) is 0 Å². The standard InChI is InChI=1S/C19H24N2O3/c1-15-7-9-17(10-8-15)18(24-12-11-22)14-21-19(23)20-13-16-5-3-2-4-6-16/h2-10,18,22H,11-14H2,1H3,(H2,20,21,23)/t18-/m1/s1. The van der Waals surface area contributed by atoms with Gasteiger partial charge in [0.25, 0.3) is 0 Å². The minimum Gasteiger partial charge on any atom is -0.394 e. The molecule has 0 unspecified atom stereocenters. The van der Waals surface area contributed by atoms with Crippen molar-refractivity contribution in [2.45, 2.75) is 19.6 Å². The van der Waals surface area contributed by atoms with Crippen LogP contribution in [0.5, 0.6) is 0 Å². The van der Waals surface area contributed by atoms with Crippen LogP contribution in [-0.4, -0.2) is 30.9 Å². The normalized spacial score (nSPS) is 11.8. The molecule has 128 valence electrons. The molecule has 0 saturated carbocycles. The number of carbonyl (C=O) groups is 1. The lowest BCUT2D eigenvalue weighted by atomic mass is 10.1. The second-order valence-corrected chi connectivity index (χ2v) is 5.54. The van der Waals surface area contributed by atoms with Crippen LogP contribution in [-0.2, 0) is 11.3 Å². The third-order valence-electron chi connectivity index (χ3n) is 3.60. The zero-order chi connectivity index (χ0) is 17.2. The summed E-state index contributed by atoms with van der Waals surface area (Å²) in [5.41, 5.74) is 3.17. The molecule has 2 rings (SSSR count). The molecule has 24 heavy (non-hydrogen) atoms. The molecule has 0 saturated heterocycles. The molecule has 2 amide bonds. The van der Waals surface area contributed by atoms with E-state index in [0.717, 1.165) is 16.7 Å². The molecular weight excluding hydrogens is 304 g/mol. The number of hydrogen-bond acceptors (Lipinski definition) is 3. The fourth-order valence-corrected chi connectivity index (χ4v) is 2.28. The molecule has 0 bridgehead atoms. The van der Waals surface area contributed by atoms with E-state index in [-0.39, 0.29) is 25.3 Å².